The van der Waals surface area contributed by atoms with E-state index < -0.39 is 29.8 Å². The number of nitrogens with zero attached hydrogens (tertiary/aromatic N) is 2. The van der Waals surface area contributed by atoms with Gasteiger partial charge in [0.2, 0.25) is 0 Å². The Morgan fingerprint density at radius 2 is 2.10 bits per heavy atom. The molecule has 0 saturated heterocycles. The zero-order valence-corrected chi connectivity index (χ0v) is 16.1. The number of aromatic nitrogens is 1. The molecule has 2 heterocycles. The van der Waals surface area contributed by atoms with Crippen LogP contribution < -0.4 is 11.1 Å². The normalized spacial score (nSPS) is 21.2. The van der Waals surface area contributed by atoms with Crippen LogP contribution in [-0.4, -0.2) is 35.9 Å². The second-order valence-electron chi connectivity index (χ2n) is 6.52. The Morgan fingerprint density at radius 3 is 2.76 bits per heavy atom. The molecule has 0 saturated carbocycles. The van der Waals surface area contributed by atoms with E-state index in [1.54, 1.807) is 0 Å². The molecule has 1 aliphatic rings. The Bertz CT molecular complexity index is 953. The maximum absolute atomic E-state index is 15.0. The van der Waals surface area contributed by atoms with Gasteiger partial charge in [-0.1, -0.05) is 18.5 Å². The molecule has 0 spiro atoms. The summed E-state index contributed by atoms with van der Waals surface area (Å²) >= 11 is 5.74. The van der Waals surface area contributed by atoms with Crippen LogP contribution in [0.1, 0.15) is 29.4 Å². The van der Waals surface area contributed by atoms with E-state index in [0.717, 1.165) is 12.1 Å². The molecule has 0 radical (unpaired) electrons. The van der Waals surface area contributed by atoms with Gasteiger partial charge in [0, 0.05) is 17.4 Å². The zero-order chi connectivity index (χ0) is 21.2. The molecule has 6 nitrogen and oxygen atoms in total. The summed E-state index contributed by atoms with van der Waals surface area (Å²) in [7, 11) is 0. The molecule has 1 atom stereocenters. The largest absolute Gasteiger partial charge is 0.385 e. The topological polar surface area (TPSA) is 89.6 Å². The number of carbonyl (C=O) groups is 1. The van der Waals surface area contributed by atoms with Crippen LogP contribution in [0.25, 0.3) is 0 Å². The van der Waals surface area contributed by atoms with Crippen molar-refractivity contribution in [3.63, 3.8) is 0 Å². The molecule has 0 fully saturated rings. The minimum atomic E-state index is -3.52. The van der Waals surface area contributed by atoms with Gasteiger partial charge in [-0.2, -0.15) is 0 Å². The highest BCUT2D eigenvalue weighted by molar-refractivity contribution is 6.30. The summed E-state index contributed by atoms with van der Waals surface area (Å²) in [5.41, 5.74) is 3.19. The lowest BCUT2D eigenvalue weighted by Gasteiger charge is -2.36. The molecule has 1 aromatic carbocycles. The summed E-state index contributed by atoms with van der Waals surface area (Å²) in [6.45, 7) is 0.214. The smallest absolute Gasteiger partial charge is 0.299 e. The van der Waals surface area contributed by atoms with Gasteiger partial charge in [0.25, 0.3) is 11.8 Å². The van der Waals surface area contributed by atoms with E-state index in [9.17, 15) is 18.0 Å². The molecule has 2 aromatic rings. The average Bonchev–Trinajstić information content (AvgIpc) is 2.79. The first-order chi connectivity index (χ1) is 13.7. The van der Waals surface area contributed by atoms with Crippen LogP contribution in [0.15, 0.2) is 41.5 Å². The third kappa shape index (κ3) is 4.06. The number of carbonyl (C=O) groups excluding carboxylic acids is 1. The van der Waals surface area contributed by atoms with Crippen molar-refractivity contribution in [2.24, 2.45) is 10.7 Å². The van der Waals surface area contributed by atoms with Gasteiger partial charge in [0.15, 0.2) is 5.54 Å². The third-order valence-electron chi connectivity index (χ3n) is 4.61. The van der Waals surface area contributed by atoms with Crippen LogP contribution >= 0.6 is 11.6 Å². The van der Waals surface area contributed by atoms with E-state index in [1.807, 2.05) is 0 Å². The number of nitrogens with two attached hydrogens (primary N) is 1. The Kier molecular flexibility index (Phi) is 5.81. The number of pyridine rings is 1. The molecule has 0 aliphatic carbocycles. The first-order valence-electron chi connectivity index (χ1n) is 8.71. The first kappa shape index (κ1) is 21.1. The van der Waals surface area contributed by atoms with E-state index in [0.29, 0.717) is 5.02 Å². The number of ether oxygens (including phenoxy) is 1. The number of hydrogen-bond acceptors (Lipinski definition) is 5. The van der Waals surface area contributed by atoms with Crippen molar-refractivity contribution in [2.45, 2.75) is 24.8 Å². The number of amides is 1. The van der Waals surface area contributed by atoms with Crippen molar-refractivity contribution in [3.05, 3.63) is 58.6 Å². The van der Waals surface area contributed by atoms with Crippen LogP contribution in [-0.2, 0) is 10.3 Å². The number of alkyl halides is 2. The van der Waals surface area contributed by atoms with E-state index in [1.165, 1.54) is 31.3 Å². The molecule has 3 rings (SSSR count). The SMILES string of the molecule is CCC1(c2cc(NC(=O)c3ccc(Cl)cn3)ccc2F)N=C(N)COCC1(F)F. The van der Waals surface area contributed by atoms with Gasteiger partial charge in [-0.25, -0.2) is 18.2 Å². The van der Waals surface area contributed by atoms with Gasteiger partial charge in [0.05, 0.1) is 5.02 Å². The van der Waals surface area contributed by atoms with Crippen molar-refractivity contribution in [3.8, 4) is 0 Å². The van der Waals surface area contributed by atoms with Gasteiger partial charge < -0.3 is 15.8 Å². The fraction of sp³-hybridized carbons (Fsp3) is 0.316. The molecule has 1 aromatic heterocycles. The predicted octanol–water partition coefficient (Wildman–Crippen LogP) is 3.75. The predicted molar refractivity (Wildman–Crippen MR) is 103 cm³/mol. The Balaban J connectivity index is 2.02. The summed E-state index contributed by atoms with van der Waals surface area (Å²) < 4.78 is 49.5. The average molecular weight is 427 g/mol. The lowest BCUT2D eigenvalue weighted by atomic mass is 9.81. The maximum atomic E-state index is 15.0. The molecule has 0 bridgehead atoms. The van der Waals surface area contributed by atoms with Gasteiger partial charge >= 0.3 is 0 Å². The Morgan fingerprint density at radius 1 is 1.34 bits per heavy atom. The second-order valence-corrected chi connectivity index (χ2v) is 6.96. The van der Waals surface area contributed by atoms with Crippen molar-refractivity contribution >= 4 is 29.0 Å². The minimum Gasteiger partial charge on any atom is -0.385 e. The van der Waals surface area contributed by atoms with Crippen molar-refractivity contribution in [2.75, 3.05) is 18.5 Å². The highest BCUT2D eigenvalue weighted by Gasteiger charge is 2.56. The lowest BCUT2D eigenvalue weighted by molar-refractivity contribution is -0.123. The molecule has 154 valence electrons. The maximum Gasteiger partial charge on any atom is 0.299 e. The van der Waals surface area contributed by atoms with Crippen molar-refractivity contribution in [1.82, 2.24) is 4.98 Å². The zero-order valence-electron chi connectivity index (χ0n) is 15.4. The molecule has 10 heteroatoms. The van der Waals surface area contributed by atoms with Crippen LogP contribution in [0.4, 0.5) is 18.9 Å². The van der Waals surface area contributed by atoms with E-state index in [-0.39, 0.29) is 35.8 Å². The summed E-state index contributed by atoms with van der Waals surface area (Å²) in [4.78, 5) is 20.2. The molecule has 1 amide bonds. The third-order valence-corrected chi connectivity index (χ3v) is 4.84. The molecule has 29 heavy (non-hydrogen) atoms. The number of anilines is 1. The second kappa shape index (κ2) is 8.00. The fourth-order valence-electron chi connectivity index (χ4n) is 3.17. The number of rotatable bonds is 4. The highest BCUT2D eigenvalue weighted by atomic mass is 35.5. The van der Waals surface area contributed by atoms with Crippen LogP contribution in [0.5, 0.6) is 0 Å². The van der Waals surface area contributed by atoms with E-state index in [4.69, 9.17) is 22.1 Å². The van der Waals surface area contributed by atoms with Gasteiger partial charge in [-0.15, -0.1) is 0 Å². The molecular formula is C19H18ClF3N4O2. The first-order valence-corrected chi connectivity index (χ1v) is 9.09. The van der Waals surface area contributed by atoms with E-state index in [2.05, 4.69) is 15.3 Å². The van der Waals surface area contributed by atoms with E-state index >= 15 is 0 Å². The standard InChI is InChI=1S/C19H18ClF3N4O2/c1-2-18(19(22,23)10-29-9-16(24)27-18)13-7-12(4-5-14(13)21)26-17(28)15-6-3-11(20)8-25-15/h3-8H,2,9-10H2,1H3,(H2,24,27)(H,26,28). The number of halogens is 4. The summed E-state index contributed by atoms with van der Waals surface area (Å²) in [6.07, 6.45) is 1.05. The number of aliphatic imine (C=N–C) groups is 1. The molecule has 1 unspecified atom stereocenters. The number of benzene rings is 1. The van der Waals surface area contributed by atoms with Crippen molar-refractivity contribution in [1.29, 1.82) is 0 Å². The summed E-state index contributed by atoms with van der Waals surface area (Å²) in [5, 5.41) is 2.86. The molecular weight excluding hydrogens is 409 g/mol. The van der Waals surface area contributed by atoms with Crippen LogP contribution in [0.2, 0.25) is 5.02 Å². The van der Waals surface area contributed by atoms with Gasteiger partial charge in [-0.05, 0) is 36.8 Å². The summed E-state index contributed by atoms with van der Waals surface area (Å²) in [5.74, 6) is -5.19. The van der Waals surface area contributed by atoms with Crippen LogP contribution in [0, 0.1) is 5.82 Å². The number of hydrogen-bond donors (Lipinski definition) is 2. The Hall–Kier alpha value is -2.65. The minimum absolute atomic E-state index is 0.0564. The number of nitrogens with one attached hydrogen (secondary N) is 1. The summed E-state index contributed by atoms with van der Waals surface area (Å²) in [6, 6.07) is 6.26. The lowest BCUT2D eigenvalue weighted by Crippen LogP contribution is -2.47. The molecule has 1 aliphatic heterocycles. The molecule has 3 N–H and O–H groups in total. The quantitative estimate of drug-likeness (QED) is 0.779. The monoisotopic (exact) mass is 426 g/mol. The Labute approximate surface area is 169 Å². The highest BCUT2D eigenvalue weighted by Crippen LogP contribution is 2.46. The van der Waals surface area contributed by atoms with Crippen LogP contribution in [0.3, 0.4) is 0 Å². The number of amidine groups is 1. The van der Waals surface area contributed by atoms with Gasteiger partial charge in [0.1, 0.15) is 30.6 Å². The fourth-order valence-corrected chi connectivity index (χ4v) is 3.28. The van der Waals surface area contributed by atoms with Gasteiger partial charge in [-0.3, -0.25) is 9.79 Å². The van der Waals surface area contributed by atoms with Crippen molar-refractivity contribution < 1.29 is 22.7 Å².